The second kappa shape index (κ2) is 4.59. The molecule has 18 heavy (non-hydrogen) atoms. The number of fused-ring (bicyclic) bond motifs is 1. The Labute approximate surface area is 114 Å². The third-order valence-electron chi connectivity index (χ3n) is 2.64. The highest BCUT2D eigenvalue weighted by molar-refractivity contribution is 7.22. The second-order valence-electron chi connectivity index (χ2n) is 4.12. The molecule has 0 aliphatic heterocycles. The normalized spacial score (nSPS) is 10.8. The number of aryl methyl sites for hydroxylation is 1. The third kappa shape index (κ3) is 2.33. The van der Waals surface area contributed by atoms with E-state index >= 15 is 0 Å². The van der Waals surface area contributed by atoms with Gasteiger partial charge in [0.05, 0.1) is 10.2 Å². The van der Waals surface area contributed by atoms with Crippen molar-refractivity contribution < 1.29 is 0 Å². The van der Waals surface area contributed by atoms with E-state index in [2.05, 4.69) is 29.4 Å². The number of nitrogens with zero attached hydrogens (tertiary/aromatic N) is 1. The molecule has 3 rings (SSSR count). The quantitative estimate of drug-likeness (QED) is 0.711. The maximum absolute atomic E-state index is 5.86. The minimum Gasteiger partial charge on any atom is -0.332 e. The number of aromatic nitrogens is 1. The number of rotatable bonds is 2. The summed E-state index contributed by atoms with van der Waals surface area (Å²) in [5.41, 5.74) is 3.28. The molecule has 3 aromatic rings. The molecule has 2 aromatic carbocycles. The van der Waals surface area contributed by atoms with E-state index in [1.54, 1.807) is 11.3 Å². The summed E-state index contributed by atoms with van der Waals surface area (Å²) >= 11 is 7.51. The van der Waals surface area contributed by atoms with E-state index in [1.807, 2.05) is 30.3 Å². The molecule has 0 spiro atoms. The highest BCUT2D eigenvalue weighted by Crippen LogP contribution is 2.29. The van der Waals surface area contributed by atoms with Gasteiger partial charge >= 0.3 is 0 Å². The zero-order valence-corrected chi connectivity index (χ0v) is 11.3. The summed E-state index contributed by atoms with van der Waals surface area (Å²) in [7, 11) is 0. The molecule has 0 fully saturated rings. The Morgan fingerprint density at radius 3 is 2.67 bits per heavy atom. The number of hydrogen-bond acceptors (Lipinski definition) is 3. The fraction of sp³-hybridized carbons (Fsp3) is 0.0714. The highest BCUT2D eigenvalue weighted by Gasteiger charge is 2.04. The monoisotopic (exact) mass is 274 g/mol. The maximum Gasteiger partial charge on any atom is 0.188 e. The first-order valence-electron chi connectivity index (χ1n) is 5.60. The fourth-order valence-electron chi connectivity index (χ4n) is 1.74. The van der Waals surface area contributed by atoms with E-state index in [0.29, 0.717) is 0 Å². The Hall–Kier alpha value is -1.58. The lowest BCUT2D eigenvalue weighted by molar-refractivity contribution is 1.43. The molecule has 0 unspecified atom stereocenters. The van der Waals surface area contributed by atoms with Crippen LogP contribution in [0.1, 0.15) is 5.56 Å². The van der Waals surface area contributed by atoms with Crippen molar-refractivity contribution in [3.05, 3.63) is 53.1 Å². The molecule has 0 radical (unpaired) electrons. The van der Waals surface area contributed by atoms with E-state index < -0.39 is 0 Å². The van der Waals surface area contributed by atoms with E-state index in [0.717, 1.165) is 21.4 Å². The summed E-state index contributed by atoms with van der Waals surface area (Å²) in [6.45, 7) is 2.09. The molecule has 0 saturated heterocycles. The summed E-state index contributed by atoms with van der Waals surface area (Å²) in [6.07, 6.45) is 0. The first-order chi connectivity index (χ1) is 8.70. The van der Waals surface area contributed by atoms with Gasteiger partial charge in [-0.05, 0) is 48.9 Å². The molecule has 0 aliphatic carbocycles. The third-order valence-corrected chi connectivity index (χ3v) is 3.83. The molecule has 0 bridgehead atoms. The molecule has 4 heteroatoms. The fourth-order valence-corrected chi connectivity index (χ4v) is 2.85. The Morgan fingerprint density at radius 2 is 1.89 bits per heavy atom. The van der Waals surface area contributed by atoms with Crippen molar-refractivity contribution in [2.45, 2.75) is 6.92 Å². The molecule has 0 saturated carbocycles. The maximum atomic E-state index is 5.86. The van der Waals surface area contributed by atoms with Crippen molar-refractivity contribution in [3.63, 3.8) is 0 Å². The molecule has 0 aliphatic rings. The number of hydrogen-bond donors (Lipinski definition) is 1. The Bertz CT molecular complexity index is 689. The Morgan fingerprint density at radius 1 is 1.11 bits per heavy atom. The lowest BCUT2D eigenvalue weighted by Crippen LogP contribution is -1.87. The number of thiazole rings is 1. The molecular weight excluding hydrogens is 264 g/mol. The first kappa shape index (κ1) is 11.5. The molecule has 1 aromatic heterocycles. The Kier molecular flexibility index (Phi) is 2.94. The topological polar surface area (TPSA) is 24.9 Å². The molecule has 2 nitrogen and oxygen atoms in total. The van der Waals surface area contributed by atoms with Crippen LogP contribution in [0.15, 0.2) is 42.5 Å². The average Bonchev–Trinajstić information content (AvgIpc) is 2.73. The van der Waals surface area contributed by atoms with Gasteiger partial charge in [-0.15, -0.1) is 0 Å². The molecular formula is C14H11ClN2S. The van der Waals surface area contributed by atoms with Crippen LogP contribution in [0.2, 0.25) is 5.02 Å². The van der Waals surface area contributed by atoms with Crippen LogP contribution in [0, 0.1) is 6.92 Å². The van der Waals surface area contributed by atoms with Gasteiger partial charge in [0.25, 0.3) is 0 Å². The molecule has 0 atom stereocenters. The number of anilines is 2. The van der Waals surface area contributed by atoms with Crippen LogP contribution in [0.4, 0.5) is 10.8 Å². The smallest absolute Gasteiger partial charge is 0.188 e. The predicted molar refractivity (Wildman–Crippen MR) is 79.1 cm³/mol. The van der Waals surface area contributed by atoms with Crippen LogP contribution in [-0.4, -0.2) is 4.98 Å². The lowest BCUT2D eigenvalue weighted by Gasteiger charge is -2.01. The molecule has 1 heterocycles. The zero-order valence-electron chi connectivity index (χ0n) is 9.77. The number of halogens is 1. The van der Waals surface area contributed by atoms with Crippen molar-refractivity contribution in [1.29, 1.82) is 0 Å². The lowest BCUT2D eigenvalue weighted by atomic mass is 10.2. The van der Waals surface area contributed by atoms with Crippen LogP contribution >= 0.6 is 22.9 Å². The Balaban J connectivity index is 1.92. The standard InChI is InChI=1S/C14H11ClN2S/c1-9-2-7-12-13(8-9)18-14(17-12)16-11-5-3-10(15)4-6-11/h2-8H,1H3,(H,16,17). The van der Waals surface area contributed by atoms with Crippen molar-refractivity contribution in [2.75, 3.05) is 5.32 Å². The van der Waals surface area contributed by atoms with E-state index in [4.69, 9.17) is 11.6 Å². The van der Waals surface area contributed by atoms with Crippen LogP contribution in [0.3, 0.4) is 0 Å². The zero-order chi connectivity index (χ0) is 12.5. The number of benzene rings is 2. The summed E-state index contributed by atoms with van der Waals surface area (Å²) in [5.74, 6) is 0. The minimum absolute atomic E-state index is 0.737. The molecule has 1 N–H and O–H groups in total. The van der Waals surface area contributed by atoms with Crippen LogP contribution in [0.5, 0.6) is 0 Å². The van der Waals surface area contributed by atoms with E-state index in [9.17, 15) is 0 Å². The predicted octanol–water partition coefficient (Wildman–Crippen LogP) is 5.00. The summed E-state index contributed by atoms with van der Waals surface area (Å²) in [6, 6.07) is 13.9. The van der Waals surface area contributed by atoms with Crippen LogP contribution in [0.25, 0.3) is 10.2 Å². The summed E-state index contributed by atoms with van der Waals surface area (Å²) < 4.78 is 1.20. The van der Waals surface area contributed by atoms with Gasteiger partial charge in [0.15, 0.2) is 5.13 Å². The van der Waals surface area contributed by atoms with Gasteiger partial charge in [0.2, 0.25) is 0 Å². The second-order valence-corrected chi connectivity index (χ2v) is 5.59. The van der Waals surface area contributed by atoms with E-state index in [1.165, 1.54) is 10.3 Å². The van der Waals surface area contributed by atoms with E-state index in [-0.39, 0.29) is 0 Å². The van der Waals surface area contributed by atoms with Gasteiger partial charge in [-0.25, -0.2) is 4.98 Å². The average molecular weight is 275 g/mol. The van der Waals surface area contributed by atoms with Crippen molar-refractivity contribution in [3.8, 4) is 0 Å². The summed E-state index contributed by atoms with van der Waals surface area (Å²) in [5, 5.41) is 4.93. The van der Waals surface area contributed by atoms with Crippen molar-refractivity contribution >= 4 is 44.0 Å². The highest BCUT2D eigenvalue weighted by atomic mass is 35.5. The summed E-state index contributed by atoms with van der Waals surface area (Å²) in [4.78, 5) is 4.55. The van der Waals surface area contributed by atoms with Gasteiger partial charge in [-0.3, -0.25) is 0 Å². The van der Waals surface area contributed by atoms with Crippen molar-refractivity contribution in [1.82, 2.24) is 4.98 Å². The minimum atomic E-state index is 0.737. The van der Waals surface area contributed by atoms with Gasteiger partial charge in [0, 0.05) is 10.7 Å². The van der Waals surface area contributed by atoms with Crippen molar-refractivity contribution in [2.24, 2.45) is 0 Å². The first-order valence-corrected chi connectivity index (χ1v) is 6.80. The van der Waals surface area contributed by atoms with Gasteiger partial charge < -0.3 is 5.32 Å². The van der Waals surface area contributed by atoms with Gasteiger partial charge in [0.1, 0.15) is 0 Å². The van der Waals surface area contributed by atoms with Gasteiger partial charge in [-0.2, -0.15) is 0 Å². The van der Waals surface area contributed by atoms with Gasteiger partial charge in [-0.1, -0.05) is 29.0 Å². The van der Waals surface area contributed by atoms with Crippen LogP contribution in [-0.2, 0) is 0 Å². The largest absolute Gasteiger partial charge is 0.332 e. The SMILES string of the molecule is Cc1ccc2nc(Nc3ccc(Cl)cc3)sc2c1. The molecule has 90 valence electrons. The molecule has 0 amide bonds. The van der Waals surface area contributed by atoms with Crippen LogP contribution < -0.4 is 5.32 Å². The number of nitrogens with one attached hydrogen (secondary N) is 1.